The zero-order chi connectivity index (χ0) is 15.6. The summed E-state index contributed by atoms with van der Waals surface area (Å²) in [5.74, 6) is 0.256. The van der Waals surface area contributed by atoms with E-state index in [4.69, 9.17) is 4.42 Å². The van der Waals surface area contributed by atoms with E-state index < -0.39 is 23.7 Å². The highest BCUT2D eigenvalue weighted by molar-refractivity contribution is 5.91. The van der Waals surface area contributed by atoms with Crippen molar-refractivity contribution in [2.24, 2.45) is 0 Å². The SMILES string of the molecule is Cc1ccc(C(=O)NC(C)c2cccc(C(F)(F)F)c2)o1. The summed E-state index contributed by atoms with van der Waals surface area (Å²) in [7, 11) is 0. The summed E-state index contributed by atoms with van der Waals surface area (Å²) in [6, 6.07) is 7.47. The smallest absolute Gasteiger partial charge is 0.416 e. The summed E-state index contributed by atoms with van der Waals surface area (Å²) in [5.41, 5.74) is -0.364. The van der Waals surface area contributed by atoms with Crippen LogP contribution in [0, 0.1) is 6.92 Å². The molecule has 0 radical (unpaired) electrons. The summed E-state index contributed by atoms with van der Waals surface area (Å²) in [4.78, 5) is 11.9. The van der Waals surface area contributed by atoms with Crippen LogP contribution in [0.25, 0.3) is 0 Å². The molecule has 0 saturated carbocycles. The Bertz CT molecular complexity index is 646. The largest absolute Gasteiger partial charge is 0.456 e. The molecule has 1 heterocycles. The number of furan rings is 1. The molecular weight excluding hydrogens is 283 g/mol. The zero-order valence-electron chi connectivity index (χ0n) is 11.5. The van der Waals surface area contributed by atoms with Gasteiger partial charge >= 0.3 is 6.18 Å². The Balaban J connectivity index is 2.13. The van der Waals surface area contributed by atoms with Crippen LogP contribution < -0.4 is 5.32 Å². The molecule has 0 saturated heterocycles. The van der Waals surface area contributed by atoms with Crippen molar-refractivity contribution in [2.75, 3.05) is 0 Å². The van der Waals surface area contributed by atoms with Crippen molar-refractivity contribution in [3.05, 3.63) is 59.0 Å². The molecule has 3 nitrogen and oxygen atoms in total. The van der Waals surface area contributed by atoms with E-state index in [1.54, 1.807) is 19.9 Å². The van der Waals surface area contributed by atoms with Crippen LogP contribution in [-0.2, 0) is 6.18 Å². The van der Waals surface area contributed by atoms with Gasteiger partial charge in [0.05, 0.1) is 11.6 Å². The van der Waals surface area contributed by atoms with Gasteiger partial charge in [-0.2, -0.15) is 13.2 Å². The van der Waals surface area contributed by atoms with Gasteiger partial charge in [-0.3, -0.25) is 4.79 Å². The van der Waals surface area contributed by atoms with Gasteiger partial charge in [-0.25, -0.2) is 0 Å². The molecule has 1 N–H and O–H groups in total. The maximum absolute atomic E-state index is 12.7. The number of nitrogens with one attached hydrogen (secondary N) is 1. The third-order valence-corrected chi connectivity index (χ3v) is 3.03. The molecule has 0 bridgehead atoms. The number of benzene rings is 1. The van der Waals surface area contributed by atoms with Gasteiger partial charge in [-0.15, -0.1) is 0 Å². The van der Waals surface area contributed by atoms with Gasteiger partial charge in [0.2, 0.25) is 0 Å². The maximum atomic E-state index is 12.7. The Morgan fingerprint density at radius 2 is 1.95 bits per heavy atom. The topological polar surface area (TPSA) is 42.2 Å². The molecule has 1 amide bonds. The molecule has 1 unspecified atom stereocenters. The van der Waals surface area contributed by atoms with Gasteiger partial charge in [0.25, 0.3) is 5.91 Å². The van der Waals surface area contributed by atoms with E-state index >= 15 is 0 Å². The average Bonchev–Trinajstić information content (AvgIpc) is 2.84. The summed E-state index contributed by atoms with van der Waals surface area (Å²) in [6.07, 6.45) is -4.40. The van der Waals surface area contributed by atoms with Crippen LogP contribution in [0.2, 0.25) is 0 Å². The van der Waals surface area contributed by atoms with Crippen molar-refractivity contribution in [2.45, 2.75) is 26.1 Å². The van der Waals surface area contributed by atoms with E-state index in [0.717, 1.165) is 12.1 Å². The highest BCUT2D eigenvalue weighted by Crippen LogP contribution is 2.30. The number of hydrogen-bond donors (Lipinski definition) is 1. The van der Waals surface area contributed by atoms with E-state index in [9.17, 15) is 18.0 Å². The first-order chi connectivity index (χ1) is 9.77. The number of alkyl halides is 3. The monoisotopic (exact) mass is 297 g/mol. The minimum absolute atomic E-state index is 0.131. The van der Waals surface area contributed by atoms with Gasteiger partial charge in [0.15, 0.2) is 5.76 Å². The van der Waals surface area contributed by atoms with Crippen molar-refractivity contribution < 1.29 is 22.4 Å². The fraction of sp³-hybridized carbons (Fsp3) is 0.267. The van der Waals surface area contributed by atoms with E-state index in [1.165, 1.54) is 18.2 Å². The minimum Gasteiger partial charge on any atom is -0.456 e. The van der Waals surface area contributed by atoms with Crippen molar-refractivity contribution in [1.82, 2.24) is 5.32 Å². The van der Waals surface area contributed by atoms with Crippen molar-refractivity contribution in [3.8, 4) is 0 Å². The van der Waals surface area contributed by atoms with Crippen LogP contribution in [-0.4, -0.2) is 5.91 Å². The molecule has 6 heteroatoms. The fourth-order valence-electron chi connectivity index (χ4n) is 1.89. The molecule has 0 aliphatic heterocycles. The number of aryl methyl sites for hydroxylation is 1. The second-order valence-corrected chi connectivity index (χ2v) is 4.73. The summed E-state index contributed by atoms with van der Waals surface area (Å²) >= 11 is 0. The molecule has 0 aliphatic rings. The maximum Gasteiger partial charge on any atom is 0.416 e. The highest BCUT2D eigenvalue weighted by atomic mass is 19.4. The average molecular weight is 297 g/mol. The van der Waals surface area contributed by atoms with Gasteiger partial charge < -0.3 is 9.73 Å². The molecule has 2 rings (SSSR count). The molecule has 1 aromatic carbocycles. The molecule has 1 atom stereocenters. The van der Waals surface area contributed by atoms with Gasteiger partial charge in [-0.1, -0.05) is 12.1 Å². The fourth-order valence-corrected chi connectivity index (χ4v) is 1.89. The molecule has 112 valence electrons. The summed E-state index contributed by atoms with van der Waals surface area (Å²) in [6.45, 7) is 3.32. The molecule has 1 aromatic heterocycles. The quantitative estimate of drug-likeness (QED) is 0.927. The first-order valence-electron chi connectivity index (χ1n) is 6.32. The summed E-state index contributed by atoms with van der Waals surface area (Å²) in [5, 5.41) is 2.60. The zero-order valence-corrected chi connectivity index (χ0v) is 11.5. The highest BCUT2D eigenvalue weighted by Gasteiger charge is 2.30. The predicted molar refractivity (Wildman–Crippen MR) is 70.8 cm³/mol. The number of rotatable bonds is 3. The van der Waals surface area contributed by atoms with Gasteiger partial charge in [0.1, 0.15) is 5.76 Å². The molecule has 0 fully saturated rings. The lowest BCUT2D eigenvalue weighted by molar-refractivity contribution is -0.137. The Morgan fingerprint density at radius 3 is 2.52 bits per heavy atom. The third-order valence-electron chi connectivity index (χ3n) is 3.03. The first-order valence-corrected chi connectivity index (χ1v) is 6.32. The second kappa shape index (κ2) is 5.63. The molecule has 0 aliphatic carbocycles. The van der Waals surface area contributed by atoms with Crippen molar-refractivity contribution in [3.63, 3.8) is 0 Å². The Morgan fingerprint density at radius 1 is 1.24 bits per heavy atom. The van der Waals surface area contributed by atoms with Gasteiger partial charge in [0, 0.05) is 0 Å². The van der Waals surface area contributed by atoms with E-state index in [-0.39, 0.29) is 5.76 Å². The molecule has 21 heavy (non-hydrogen) atoms. The minimum atomic E-state index is -4.40. The number of halogens is 3. The van der Waals surface area contributed by atoms with Crippen LogP contribution in [0.3, 0.4) is 0 Å². The lowest BCUT2D eigenvalue weighted by Gasteiger charge is -2.15. The number of amides is 1. The van der Waals surface area contributed by atoms with E-state index in [2.05, 4.69) is 5.32 Å². The lowest BCUT2D eigenvalue weighted by Crippen LogP contribution is -2.26. The molecule has 0 spiro atoms. The Hall–Kier alpha value is -2.24. The first kappa shape index (κ1) is 15.2. The van der Waals surface area contributed by atoms with Crippen LogP contribution in [0.5, 0.6) is 0 Å². The number of hydrogen-bond acceptors (Lipinski definition) is 2. The van der Waals surface area contributed by atoms with Crippen LogP contribution in [0.1, 0.15) is 40.4 Å². The third kappa shape index (κ3) is 3.65. The summed E-state index contributed by atoms with van der Waals surface area (Å²) < 4.78 is 43.1. The lowest BCUT2D eigenvalue weighted by atomic mass is 10.0. The van der Waals surface area contributed by atoms with Crippen LogP contribution >= 0.6 is 0 Å². The number of carbonyl (C=O) groups is 1. The number of carbonyl (C=O) groups excluding carboxylic acids is 1. The normalized spacial score (nSPS) is 13.0. The van der Waals surface area contributed by atoms with Crippen LogP contribution in [0.15, 0.2) is 40.8 Å². The Kier molecular flexibility index (Phi) is 4.06. The van der Waals surface area contributed by atoms with E-state index in [1.807, 2.05) is 0 Å². The molecular formula is C15H14F3NO2. The Labute approximate surface area is 119 Å². The van der Waals surface area contributed by atoms with Crippen LogP contribution in [0.4, 0.5) is 13.2 Å². The standard InChI is InChI=1S/C15H14F3NO2/c1-9-6-7-13(21-9)14(20)19-10(2)11-4-3-5-12(8-11)15(16,17)18/h3-8,10H,1-2H3,(H,19,20). The predicted octanol–water partition coefficient (Wildman–Crippen LogP) is 4.10. The van der Waals surface area contributed by atoms with E-state index in [0.29, 0.717) is 11.3 Å². The second-order valence-electron chi connectivity index (χ2n) is 4.73. The van der Waals surface area contributed by atoms with Crippen molar-refractivity contribution in [1.29, 1.82) is 0 Å². The molecule has 2 aromatic rings. The van der Waals surface area contributed by atoms with Gasteiger partial charge in [-0.05, 0) is 43.7 Å². The van der Waals surface area contributed by atoms with Crippen molar-refractivity contribution >= 4 is 5.91 Å².